The SMILES string of the molecule is CCc1ccc(N(C)C(=O)c2ccc(OC)c(N)c2)cc1. The summed E-state index contributed by atoms with van der Waals surface area (Å²) in [5, 5.41) is 0. The van der Waals surface area contributed by atoms with E-state index in [1.54, 1.807) is 37.3 Å². The maximum Gasteiger partial charge on any atom is 0.258 e. The minimum absolute atomic E-state index is 0.103. The average Bonchev–Trinajstić information content (AvgIpc) is 2.53. The summed E-state index contributed by atoms with van der Waals surface area (Å²) in [5.74, 6) is 0.468. The third kappa shape index (κ3) is 3.16. The Morgan fingerprint density at radius 2 is 1.86 bits per heavy atom. The molecule has 4 heteroatoms. The highest BCUT2D eigenvalue weighted by atomic mass is 16.5. The van der Waals surface area contributed by atoms with E-state index in [1.165, 1.54) is 5.56 Å². The third-order valence-electron chi connectivity index (χ3n) is 3.51. The van der Waals surface area contributed by atoms with Crippen LogP contribution in [0.2, 0.25) is 0 Å². The molecule has 2 rings (SSSR count). The maximum atomic E-state index is 12.5. The molecule has 0 aromatic heterocycles. The van der Waals surface area contributed by atoms with Crippen LogP contribution in [0.1, 0.15) is 22.8 Å². The van der Waals surface area contributed by atoms with Crippen LogP contribution in [-0.2, 0) is 6.42 Å². The van der Waals surface area contributed by atoms with E-state index in [1.807, 2.05) is 24.3 Å². The second-order valence-corrected chi connectivity index (χ2v) is 4.84. The molecular weight excluding hydrogens is 264 g/mol. The lowest BCUT2D eigenvalue weighted by Gasteiger charge is -2.18. The van der Waals surface area contributed by atoms with Gasteiger partial charge in [-0.3, -0.25) is 4.79 Å². The molecule has 21 heavy (non-hydrogen) atoms. The van der Waals surface area contributed by atoms with Gasteiger partial charge in [0.1, 0.15) is 5.75 Å². The van der Waals surface area contributed by atoms with Crippen LogP contribution in [-0.4, -0.2) is 20.1 Å². The Balaban J connectivity index is 2.23. The smallest absolute Gasteiger partial charge is 0.258 e. The first kappa shape index (κ1) is 14.9. The fraction of sp³-hybridized carbons (Fsp3) is 0.235. The number of methoxy groups -OCH3 is 1. The van der Waals surface area contributed by atoms with E-state index in [9.17, 15) is 4.79 Å². The number of nitrogens with zero attached hydrogens (tertiary/aromatic N) is 1. The van der Waals surface area contributed by atoms with E-state index < -0.39 is 0 Å². The fourth-order valence-corrected chi connectivity index (χ4v) is 2.13. The van der Waals surface area contributed by atoms with E-state index >= 15 is 0 Å². The predicted molar refractivity (Wildman–Crippen MR) is 86.0 cm³/mol. The molecule has 1 amide bonds. The van der Waals surface area contributed by atoms with Gasteiger partial charge < -0.3 is 15.4 Å². The molecule has 0 saturated heterocycles. The molecule has 4 nitrogen and oxygen atoms in total. The van der Waals surface area contributed by atoms with Crippen LogP contribution in [0.15, 0.2) is 42.5 Å². The van der Waals surface area contributed by atoms with Crippen LogP contribution in [0.3, 0.4) is 0 Å². The molecule has 0 saturated carbocycles. The summed E-state index contributed by atoms with van der Waals surface area (Å²) in [4.78, 5) is 14.1. The van der Waals surface area contributed by atoms with Crippen LogP contribution in [0.5, 0.6) is 5.75 Å². The normalized spacial score (nSPS) is 10.2. The van der Waals surface area contributed by atoms with E-state index in [2.05, 4.69) is 6.92 Å². The van der Waals surface area contributed by atoms with E-state index in [-0.39, 0.29) is 5.91 Å². The first-order chi connectivity index (χ1) is 10.1. The predicted octanol–water partition coefficient (Wildman–Crippen LogP) is 3.12. The summed E-state index contributed by atoms with van der Waals surface area (Å²) >= 11 is 0. The molecule has 2 N–H and O–H groups in total. The van der Waals surface area contributed by atoms with Gasteiger partial charge in [0.25, 0.3) is 5.91 Å². The summed E-state index contributed by atoms with van der Waals surface area (Å²) in [5.41, 5.74) is 8.94. The number of ether oxygens (including phenoxy) is 1. The second kappa shape index (κ2) is 6.31. The molecule has 0 aliphatic rings. The molecule has 0 spiro atoms. The zero-order valence-electron chi connectivity index (χ0n) is 12.6. The number of aryl methyl sites for hydroxylation is 1. The molecule has 0 bridgehead atoms. The lowest BCUT2D eigenvalue weighted by Crippen LogP contribution is -2.26. The van der Waals surface area contributed by atoms with Crippen LogP contribution >= 0.6 is 0 Å². The minimum Gasteiger partial charge on any atom is -0.495 e. The van der Waals surface area contributed by atoms with Crippen molar-refractivity contribution in [3.63, 3.8) is 0 Å². The van der Waals surface area contributed by atoms with E-state index in [4.69, 9.17) is 10.5 Å². The fourth-order valence-electron chi connectivity index (χ4n) is 2.13. The van der Waals surface area contributed by atoms with Gasteiger partial charge in [0.2, 0.25) is 0 Å². The number of hydrogen-bond acceptors (Lipinski definition) is 3. The van der Waals surface area contributed by atoms with Crippen LogP contribution < -0.4 is 15.4 Å². The molecule has 0 aliphatic carbocycles. The molecule has 2 aromatic carbocycles. The van der Waals surface area contributed by atoms with Crippen molar-refractivity contribution < 1.29 is 9.53 Å². The highest BCUT2D eigenvalue weighted by molar-refractivity contribution is 6.06. The van der Waals surface area contributed by atoms with Crippen molar-refractivity contribution in [2.45, 2.75) is 13.3 Å². The van der Waals surface area contributed by atoms with E-state index in [0.29, 0.717) is 17.0 Å². The standard InChI is InChI=1S/C17H20N2O2/c1-4-12-5-8-14(9-6-12)19(2)17(20)13-7-10-16(21-3)15(18)11-13/h5-11H,4,18H2,1-3H3. The molecule has 0 aliphatic heterocycles. The number of amides is 1. The first-order valence-electron chi connectivity index (χ1n) is 6.87. The minimum atomic E-state index is -0.103. The first-order valence-corrected chi connectivity index (χ1v) is 6.87. The van der Waals surface area contributed by atoms with Gasteiger partial charge in [-0.05, 0) is 42.3 Å². The Morgan fingerprint density at radius 1 is 1.19 bits per heavy atom. The van der Waals surface area contributed by atoms with Crippen molar-refractivity contribution in [2.24, 2.45) is 0 Å². The third-order valence-corrected chi connectivity index (χ3v) is 3.51. The van der Waals surface area contributed by atoms with Gasteiger partial charge in [0.15, 0.2) is 0 Å². The molecule has 0 heterocycles. The summed E-state index contributed by atoms with van der Waals surface area (Å²) < 4.78 is 5.10. The van der Waals surface area contributed by atoms with Gasteiger partial charge in [-0.15, -0.1) is 0 Å². The summed E-state index contributed by atoms with van der Waals surface area (Å²) in [7, 11) is 3.30. The van der Waals surface area contributed by atoms with Crippen molar-refractivity contribution >= 4 is 17.3 Å². The van der Waals surface area contributed by atoms with Crippen molar-refractivity contribution in [2.75, 3.05) is 24.8 Å². The van der Waals surface area contributed by atoms with Gasteiger partial charge in [-0.25, -0.2) is 0 Å². The Hall–Kier alpha value is -2.49. The maximum absolute atomic E-state index is 12.5. The molecule has 0 fully saturated rings. The number of benzene rings is 2. The molecule has 110 valence electrons. The average molecular weight is 284 g/mol. The molecule has 0 unspecified atom stereocenters. The lowest BCUT2D eigenvalue weighted by molar-refractivity contribution is 0.0993. The summed E-state index contributed by atoms with van der Waals surface area (Å²) in [6, 6.07) is 13.0. The number of hydrogen-bond donors (Lipinski definition) is 1. The number of rotatable bonds is 4. The Bertz CT molecular complexity index is 636. The van der Waals surface area contributed by atoms with Gasteiger partial charge in [-0.2, -0.15) is 0 Å². The topological polar surface area (TPSA) is 55.6 Å². The van der Waals surface area contributed by atoms with Crippen LogP contribution in [0, 0.1) is 0 Å². The number of carbonyl (C=O) groups excluding carboxylic acids is 1. The van der Waals surface area contributed by atoms with Gasteiger partial charge in [0.05, 0.1) is 12.8 Å². The van der Waals surface area contributed by atoms with Gasteiger partial charge >= 0.3 is 0 Å². The Labute approximate surface area is 125 Å². The van der Waals surface area contributed by atoms with Crippen LogP contribution in [0.25, 0.3) is 0 Å². The highest BCUT2D eigenvalue weighted by Crippen LogP contribution is 2.24. The Morgan fingerprint density at radius 3 is 2.38 bits per heavy atom. The number of carbonyl (C=O) groups is 1. The van der Waals surface area contributed by atoms with E-state index in [0.717, 1.165) is 12.1 Å². The zero-order chi connectivity index (χ0) is 15.4. The summed E-state index contributed by atoms with van der Waals surface area (Å²) in [6.45, 7) is 2.10. The molecule has 2 aromatic rings. The molecular formula is C17H20N2O2. The second-order valence-electron chi connectivity index (χ2n) is 4.84. The highest BCUT2D eigenvalue weighted by Gasteiger charge is 2.14. The zero-order valence-corrected chi connectivity index (χ0v) is 12.6. The lowest BCUT2D eigenvalue weighted by atomic mass is 10.1. The van der Waals surface area contributed by atoms with Gasteiger partial charge in [-0.1, -0.05) is 19.1 Å². The number of nitrogens with two attached hydrogens (primary N) is 1. The Kier molecular flexibility index (Phi) is 4.48. The number of nitrogen functional groups attached to an aromatic ring is 1. The van der Waals surface area contributed by atoms with Crippen LogP contribution in [0.4, 0.5) is 11.4 Å². The largest absolute Gasteiger partial charge is 0.495 e. The monoisotopic (exact) mass is 284 g/mol. The molecule has 0 radical (unpaired) electrons. The van der Waals surface area contributed by atoms with Crippen molar-refractivity contribution in [1.82, 2.24) is 0 Å². The van der Waals surface area contributed by atoms with Crippen molar-refractivity contribution in [1.29, 1.82) is 0 Å². The summed E-state index contributed by atoms with van der Waals surface area (Å²) in [6.07, 6.45) is 0.979. The number of anilines is 2. The molecule has 0 atom stereocenters. The van der Waals surface area contributed by atoms with Crippen molar-refractivity contribution in [3.05, 3.63) is 53.6 Å². The van der Waals surface area contributed by atoms with Gasteiger partial charge in [0, 0.05) is 18.3 Å². The van der Waals surface area contributed by atoms with Crippen molar-refractivity contribution in [3.8, 4) is 5.75 Å². The quantitative estimate of drug-likeness (QED) is 0.878.